The van der Waals surface area contributed by atoms with Crippen LogP contribution in [0.2, 0.25) is 0 Å². The number of pyridine rings is 1. The Bertz CT molecular complexity index is 1050. The van der Waals surface area contributed by atoms with E-state index in [1.54, 1.807) is 25.4 Å². The van der Waals surface area contributed by atoms with Gasteiger partial charge >= 0.3 is 0 Å². The van der Waals surface area contributed by atoms with Crippen LogP contribution in [-0.4, -0.2) is 44.4 Å². The van der Waals surface area contributed by atoms with Crippen LogP contribution in [0.15, 0.2) is 35.3 Å². The molecule has 0 amide bonds. The van der Waals surface area contributed by atoms with Crippen molar-refractivity contribution in [1.29, 1.82) is 0 Å². The molecule has 1 aliphatic rings. The van der Waals surface area contributed by atoms with Crippen LogP contribution in [0.1, 0.15) is 26.5 Å². The van der Waals surface area contributed by atoms with Crippen LogP contribution in [0.25, 0.3) is 11.0 Å². The molecule has 4 heterocycles. The predicted molar refractivity (Wildman–Crippen MR) is 110 cm³/mol. The van der Waals surface area contributed by atoms with Crippen molar-refractivity contribution in [3.05, 3.63) is 46.5 Å². The van der Waals surface area contributed by atoms with Crippen LogP contribution >= 0.6 is 0 Å². The maximum atomic E-state index is 12.4. The molecule has 3 aromatic heterocycles. The Morgan fingerprint density at radius 3 is 2.64 bits per heavy atom. The minimum absolute atomic E-state index is 0.00455. The summed E-state index contributed by atoms with van der Waals surface area (Å²) in [7, 11) is 1.73. The molecule has 8 nitrogen and oxygen atoms in total. The van der Waals surface area contributed by atoms with E-state index in [0.29, 0.717) is 22.9 Å². The van der Waals surface area contributed by atoms with Crippen molar-refractivity contribution >= 4 is 22.8 Å². The molecule has 28 heavy (non-hydrogen) atoms. The Hall–Kier alpha value is -3.03. The van der Waals surface area contributed by atoms with Gasteiger partial charge < -0.3 is 10.2 Å². The van der Waals surface area contributed by atoms with E-state index in [4.69, 9.17) is 0 Å². The molecule has 0 aromatic carbocycles. The van der Waals surface area contributed by atoms with E-state index in [0.717, 1.165) is 31.1 Å². The Morgan fingerprint density at radius 1 is 1.18 bits per heavy atom. The molecule has 1 aliphatic heterocycles. The van der Waals surface area contributed by atoms with Crippen LogP contribution in [0, 0.1) is 5.92 Å². The summed E-state index contributed by atoms with van der Waals surface area (Å²) < 4.78 is 1.54. The highest BCUT2D eigenvalue weighted by molar-refractivity contribution is 5.74. The largest absolute Gasteiger partial charge is 0.355 e. The fraction of sp³-hybridized carbons (Fsp3) is 0.450. The summed E-state index contributed by atoms with van der Waals surface area (Å²) >= 11 is 0. The third kappa shape index (κ3) is 3.42. The summed E-state index contributed by atoms with van der Waals surface area (Å²) in [5, 5.41) is 12.6. The zero-order chi connectivity index (χ0) is 19.9. The van der Waals surface area contributed by atoms with Gasteiger partial charge in [0.25, 0.3) is 5.56 Å². The molecule has 1 N–H and O–H groups in total. The van der Waals surface area contributed by atoms with E-state index < -0.39 is 0 Å². The van der Waals surface area contributed by atoms with Gasteiger partial charge in [0, 0.05) is 44.2 Å². The van der Waals surface area contributed by atoms with Crippen molar-refractivity contribution in [3.8, 4) is 0 Å². The van der Waals surface area contributed by atoms with Crippen molar-refractivity contribution < 1.29 is 0 Å². The van der Waals surface area contributed by atoms with Crippen molar-refractivity contribution in [2.45, 2.75) is 26.2 Å². The van der Waals surface area contributed by atoms with Crippen LogP contribution in [0.3, 0.4) is 0 Å². The highest BCUT2D eigenvalue weighted by atomic mass is 16.1. The molecule has 0 radical (unpaired) electrons. The molecular weight excluding hydrogens is 354 g/mol. The molecule has 3 aromatic rings. The topological polar surface area (TPSA) is 88.8 Å². The standard InChI is InChI=1S/C20H25N7O/c1-20(2,3)15-7-8-16(25-24-15)27-11-13(12-27)10-22-19-23-17-14(6-5-9-21-17)18(28)26(19)4/h5-9,13H,10-12H2,1-4H3,(H,21,22,23). The molecule has 0 saturated carbocycles. The molecule has 0 unspecified atom stereocenters. The number of anilines is 2. The first-order chi connectivity index (χ1) is 13.3. The monoisotopic (exact) mass is 379 g/mol. The van der Waals surface area contributed by atoms with Gasteiger partial charge in [0.15, 0.2) is 11.5 Å². The summed E-state index contributed by atoms with van der Waals surface area (Å²) in [5.41, 5.74) is 1.37. The lowest BCUT2D eigenvalue weighted by molar-refractivity contribution is 0.423. The van der Waals surface area contributed by atoms with Gasteiger partial charge in [-0.2, -0.15) is 10.1 Å². The summed E-state index contributed by atoms with van der Waals surface area (Å²) in [6.07, 6.45) is 1.65. The van der Waals surface area contributed by atoms with Gasteiger partial charge in [-0.3, -0.25) is 9.36 Å². The average Bonchev–Trinajstić information content (AvgIpc) is 2.64. The molecule has 146 valence electrons. The lowest BCUT2D eigenvalue weighted by Gasteiger charge is -2.40. The number of hydrogen-bond acceptors (Lipinski definition) is 7. The smallest absolute Gasteiger partial charge is 0.264 e. The predicted octanol–water partition coefficient (Wildman–Crippen LogP) is 1.96. The van der Waals surface area contributed by atoms with Crippen LogP contribution in [0.5, 0.6) is 0 Å². The SMILES string of the molecule is Cn1c(NCC2CN(c3ccc(C(C)(C)C)nn3)C2)nc2ncccc2c1=O. The quantitative estimate of drug-likeness (QED) is 0.741. The van der Waals surface area contributed by atoms with E-state index >= 15 is 0 Å². The Labute approximate surface area is 163 Å². The molecular formula is C20H25N7O. The van der Waals surface area contributed by atoms with E-state index in [1.807, 2.05) is 6.07 Å². The van der Waals surface area contributed by atoms with E-state index in [9.17, 15) is 4.79 Å². The summed E-state index contributed by atoms with van der Waals surface area (Å²) in [6.45, 7) is 8.93. The molecule has 0 spiro atoms. The van der Waals surface area contributed by atoms with Gasteiger partial charge in [0.1, 0.15) is 0 Å². The molecule has 1 fully saturated rings. The minimum atomic E-state index is -0.0925. The first-order valence-electron chi connectivity index (χ1n) is 9.48. The number of aromatic nitrogens is 5. The maximum Gasteiger partial charge on any atom is 0.264 e. The molecule has 8 heteroatoms. The van der Waals surface area contributed by atoms with Crippen molar-refractivity contribution in [3.63, 3.8) is 0 Å². The van der Waals surface area contributed by atoms with Gasteiger partial charge in [-0.1, -0.05) is 20.8 Å². The number of nitrogens with one attached hydrogen (secondary N) is 1. The Kier molecular flexibility index (Phi) is 4.49. The second-order valence-corrected chi connectivity index (χ2v) is 8.35. The van der Waals surface area contributed by atoms with Crippen molar-refractivity contribution in [2.75, 3.05) is 29.9 Å². The van der Waals surface area contributed by atoms with Crippen molar-refractivity contribution in [2.24, 2.45) is 13.0 Å². The van der Waals surface area contributed by atoms with E-state index in [2.05, 4.69) is 57.2 Å². The summed E-state index contributed by atoms with van der Waals surface area (Å²) in [6, 6.07) is 7.59. The fourth-order valence-corrected chi connectivity index (χ4v) is 3.28. The Balaban J connectivity index is 1.37. The summed E-state index contributed by atoms with van der Waals surface area (Å²) in [4.78, 5) is 23.3. The maximum absolute atomic E-state index is 12.4. The fourth-order valence-electron chi connectivity index (χ4n) is 3.28. The van der Waals surface area contributed by atoms with Gasteiger partial charge in [0.05, 0.1) is 11.1 Å². The molecule has 0 bridgehead atoms. The van der Waals surface area contributed by atoms with Crippen molar-refractivity contribution in [1.82, 2.24) is 24.7 Å². The zero-order valence-corrected chi connectivity index (χ0v) is 16.7. The lowest BCUT2D eigenvalue weighted by Crippen LogP contribution is -2.50. The highest BCUT2D eigenvalue weighted by Crippen LogP contribution is 2.25. The van der Waals surface area contributed by atoms with Gasteiger partial charge in [0.2, 0.25) is 5.95 Å². The first kappa shape index (κ1) is 18.3. The second-order valence-electron chi connectivity index (χ2n) is 8.35. The van der Waals surface area contributed by atoms with Gasteiger partial charge in [-0.15, -0.1) is 5.10 Å². The third-order valence-electron chi connectivity index (χ3n) is 5.10. The molecule has 0 atom stereocenters. The van der Waals surface area contributed by atoms with Crippen LogP contribution in [-0.2, 0) is 12.5 Å². The normalized spacial score (nSPS) is 14.9. The Morgan fingerprint density at radius 2 is 1.96 bits per heavy atom. The van der Waals surface area contributed by atoms with Gasteiger partial charge in [-0.25, -0.2) is 4.98 Å². The number of rotatable bonds is 4. The molecule has 4 rings (SSSR count). The number of nitrogens with zero attached hydrogens (tertiary/aromatic N) is 6. The number of hydrogen-bond donors (Lipinski definition) is 1. The van der Waals surface area contributed by atoms with Crippen LogP contribution in [0.4, 0.5) is 11.8 Å². The van der Waals surface area contributed by atoms with Crippen LogP contribution < -0.4 is 15.8 Å². The van der Waals surface area contributed by atoms with E-state index in [-0.39, 0.29) is 11.0 Å². The number of fused-ring (bicyclic) bond motifs is 1. The molecule has 0 aliphatic carbocycles. The van der Waals surface area contributed by atoms with Gasteiger partial charge in [-0.05, 0) is 24.3 Å². The highest BCUT2D eigenvalue weighted by Gasteiger charge is 2.28. The third-order valence-corrected chi connectivity index (χ3v) is 5.10. The minimum Gasteiger partial charge on any atom is -0.355 e. The average molecular weight is 379 g/mol. The lowest BCUT2D eigenvalue weighted by atomic mass is 9.92. The second kappa shape index (κ2) is 6.85. The molecule has 1 saturated heterocycles. The first-order valence-corrected chi connectivity index (χ1v) is 9.48. The zero-order valence-electron chi connectivity index (χ0n) is 16.7. The van der Waals surface area contributed by atoms with E-state index in [1.165, 1.54) is 4.57 Å². The summed E-state index contributed by atoms with van der Waals surface area (Å²) in [5.74, 6) is 1.91.